The van der Waals surface area contributed by atoms with E-state index >= 15 is 0 Å². The number of hydrogen-bond acceptors (Lipinski definition) is 4. The highest BCUT2D eigenvalue weighted by atomic mass is 127. The molecular weight excluding hydrogens is 477 g/mol. The number of anilines is 1. The van der Waals surface area contributed by atoms with Crippen LogP contribution in [-0.2, 0) is 14.8 Å². The maximum absolute atomic E-state index is 12.0. The molecule has 2 aromatic carbocycles. The van der Waals surface area contributed by atoms with Crippen molar-refractivity contribution in [2.75, 3.05) is 11.9 Å². The number of sulfonamides is 1. The van der Waals surface area contributed by atoms with Crippen LogP contribution in [-0.4, -0.2) is 26.7 Å². The van der Waals surface area contributed by atoms with Crippen molar-refractivity contribution in [1.82, 2.24) is 4.72 Å². The molecule has 6 nitrogen and oxygen atoms in total. The number of amides is 1. The van der Waals surface area contributed by atoms with Crippen LogP contribution in [0.3, 0.4) is 0 Å². The molecule has 1 aliphatic rings. The molecule has 142 valence electrons. The summed E-state index contributed by atoms with van der Waals surface area (Å²) < 4.78 is 27.5. The van der Waals surface area contributed by atoms with Crippen LogP contribution in [0.4, 0.5) is 5.69 Å². The third-order valence-corrected chi connectivity index (χ3v) is 6.48. The Labute approximate surface area is 172 Å². The van der Waals surface area contributed by atoms with Crippen LogP contribution < -0.4 is 10.0 Å². The molecule has 2 N–H and O–H groups in total. The molecular formula is C19H20IN3O3S. The van der Waals surface area contributed by atoms with E-state index in [9.17, 15) is 13.2 Å². The number of carbonyl (C=O) groups is 1. The molecule has 0 aromatic heterocycles. The van der Waals surface area contributed by atoms with Crippen molar-refractivity contribution in [3.05, 3.63) is 57.7 Å². The van der Waals surface area contributed by atoms with Crippen molar-refractivity contribution in [2.45, 2.75) is 30.6 Å². The molecule has 1 aliphatic heterocycles. The fourth-order valence-electron chi connectivity index (χ4n) is 2.79. The number of carbonyl (C=O) groups excluding carboxylic acids is 1. The summed E-state index contributed by atoms with van der Waals surface area (Å²) in [6.07, 6.45) is 2.87. The van der Waals surface area contributed by atoms with Crippen molar-refractivity contribution >= 4 is 50.0 Å². The van der Waals surface area contributed by atoms with Crippen molar-refractivity contribution in [1.29, 1.82) is 0 Å². The Morgan fingerprint density at radius 1 is 1.04 bits per heavy atom. The molecule has 0 unspecified atom stereocenters. The smallest absolute Gasteiger partial charge is 0.263 e. The van der Waals surface area contributed by atoms with Crippen LogP contribution in [0.15, 0.2) is 58.4 Å². The van der Waals surface area contributed by atoms with Gasteiger partial charge in [0.05, 0.1) is 10.6 Å². The minimum Gasteiger partial charge on any atom is -0.325 e. The van der Waals surface area contributed by atoms with Gasteiger partial charge in [0.15, 0.2) is 0 Å². The molecule has 0 fully saturated rings. The summed E-state index contributed by atoms with van der Waals surface area (Å²) in [5.74, 6) is 0.407. The minimum atomic E-state index is -3.48. The zero-order valence-corrected chi connectivity index (χ0v) is 17.6. The summed E-state index contributed by atoms with van der Waals surface area (Å²) in [5.41, 5.74) is 1.45. The highest BCUT2D eigenvalue weighted by Gasteiger charge is 2.29. The second kappa shape index (κ2) is 8.83. The minimum absolute atomic E-state index is 0.00269. The summed E-state index contributed by atoms with van der Waals surface area (Å²) in [6.45, 7) is 0.518. The standard InChI is InChI=1S/C19H20IN3O3S/c20-15-9-4-5-10-16(15)22-18(24)12-2-1-7-13-21-19-14-8-3-6-11-17(14)27(25,26)23-19/h3-6,8-11H,1-2,7,12-13H2,(H,21,23)(H,22,24). The third-order valence-electron chi connectivity index (χ3n) is 4.14. The van der Waals surface area contributed by atoms with Gasteiger partial charge in [0.25, 0.3) is 10.0 Å². The summed E-state index contributed by atoms with van der Waals surface area (Å²) in [6, 6.07) is 14.5. The fraction of sp³-hybridized carbons (Fsp3) is 0.263. The van der Waals surface area contributed by atoms with E-state index in [-0.39, 0.29) is 10.8 Å². The number of benzene rings is 2. The lowest BCUT2D eigenvalue weighted by Gasteiger charge is -2.06. The van der Waals surface area contributed by atoms with Crippen LogP contribution in [0.25, 0.3) is 0 Å². The number of para-hydroxylation sites is 1. The SMILES string of the molecule is O=C(CCCCCN=C1NS(=O)(=O)c2ccccc21)Nc1ccccc1I. The van der Waals surface area contributed by atoms with Crippen molar-refractivity contribution in [2.24, 2.45) is 4.99 Å². The number of halogens is 1. The molecule has 2 aromatic rings. The Morgan fingerprint density at radius 3 is 2.59 bits per heavy atom. The van der Waals surface area contributed by atoms with E-state index in [1.165, 1.54) is 0 Å². The zero-order valence-electron chi connectivity index (χ0n) is 14.6. The van der Waals surface area contributed by atoms with Gasteiger partial charge < -0.3 is 5.32 Å². The first-order chi connectivity index (χ1) is 13.0. The maximum Gasteiger partial charge on any atom is 0.263 e. The van der Waals surface area contributed by atoms with Gasteiger partial charge in [-0.1, -0.05) is 30.7 Å². The molecule has 1 amide bonds. The van der Waals surface area contributed by atoms with Crippen LogP contribution >= 0.6 is 22.6 Å². The Morgan fingerprint density at radius 2 is 1.78 bits per heavy atom. The van der Waals surface area contributed by atoms with E-state index in [0.29, 0.717) is 24.4 Å². The number of hydrogen-bond donors (Lipinski definition) is 2. The molecule has 0 radical (unpaired) electrons. The molecule has 0 aliphatic carbocycles. The number of rotatable bonds is 7. The number of fused-ring (bicyclic) bond motifs is 1. The van der Waals surface area contributed by atoms with Crippen LogP contribution in [0, 0.1) is 3.57 Å². The molecule has 0 saturated heterocycles. The lowest BCUT2D eigenvalue weighted by Crippen LogP contribution is -2.22. The van der Waals surface area contributed by atoms with Gasteiger partial charge in [-0.05, 0) is 59.7 Å². The number of nitrogens with one attached hydrogen (secondary N) is 2. The predicted octanol–water partition coefficient (Wildman–Crippen LogP) is 3.53. The van der Waals surface area contributed by atoms with Gasteiger partial charge in [-0.2, -0.15) is 0 Å². The van der Waals surface area contributed by atoms with E-state index in [2.05, 4.69) is 37.6 Å². The number of unbranched alkanes of at least 4 members (excludes halogenated alkanes) is 2. The van der Waals surface area contributed by atoms with E-state index < -0.39 is 10.0 Å². The number of nitrogens with zero attached hydrogens (tertiary/aromatic N) is 1. The van der Waals surface area contributed by atoms with E-state index in [0.717, 1.165) is 28.5 Å². The van der Waals surface area contributed by atoms with Crippen LogP contribution in [0.1, 0.15) is 31.2 Å². The summed E-state index contributed by atoms with van der Waals surface area (Å²) in [5, 5.41) is 2.92. The summed E-state index contributed by atoms with van der Waals surface area (Å²) in [7, 11) is -3.48. The molecule has 0 spiro atoms. The van der Waals surface area contributed by atoms with E-state index in [1.54, 1.807) is 24.3 Å². The van der Waals surface area contributed by atoms with Crippen LogP contribution in [0.5, 0.6) is 0 Å². The second-order valence-corrected chi connectivity index (χ2v) is 8.98. The van der Waals surface area contributed by atoms with E-state index in [4.69, 9.17) is 0 Å². The Balaban J connectivity index is 1.42. The Bertz CT molecular complexity index is 974. The van der Waals surface area contributed by atoms with Gasteiger partial charge in [0.1, 0.15) is 5.84 Å². The average Bonchev–Trinajstić information content (AvgIpc) is 2.91. The summed E-state index contributed by atoms with van der Waals surface area (Å²) >= 11 is 2.19. The van der Waals surface area contributed by atoms with Crippen molar-refractivity contribution in [3.63, 3.8) is 0 Å². The molecule has 0 atom stereocenters. The van der Waals surface area contributed by atoms with Gasteiger partial charge >= 0.3 is 0 Å². The number of amidine groups is 1. The van der Waals surface area contributed by atoms with Crippen LogP contribution in [0.2, 0.25) is 0 Å². The molecule has 8 heteroatoms. The molecule has 0 saturated carbocycles. The second-order valence-electron chi connectivity index (χ2n) is 6.17. The highest BCUT2D eigenvalue weighted by Crippen LogP contribution is 2.22. The molecule has 3 rings (SSSR count). The zero-order chi connectivity index (χ0) is 19.3. The molecule has 27 heavy (non-hydrogen) atoms. The molecule has 0 bridgehead atoms. The van der Waals surface area contributed by atoms with E-state index in [1.807, 2.05) is 24.3 Å². The first-order valence-corrected chi connectivity index (χ1v) is 11.2. The summed E-state index contributed by atoms with van der Waals surface area (Å²) in [4.78, 5) is 16.7. The lowest BCUT2D eigenvalue weighted by atomic mass is 10.2. The maximum atomic E-state index is 12.0. The first-order valence-electron chi connectivity index (χ1n) is 8.68. The van der Waals surface area contributed by atoms with Gasteiger partial charge in [-0.15, -0.1) is 0 Å². The Kier molecular flexibility index (Phi) is 6.48. The number of aliphatic imine (C=N–C) groups is 1. The highest BCUT2D eigenvalue weighted by molar-refractivity contribution is 14.1. The lowest BCUT2D eigenvalue weighted by molar-refractivity contribution is -0.116. The average molecular weight is 497 g/mol. The normalized spacial score (nSPS) is 16.0. The Hall–Kier alpha value is -1.94. The predicted molar refractivity (Wildman–Crippen MR) is 114 cm³/mol. The monoisotopic (exact) mass is 497 g/mol. The van der Waals surface area contributed by atoms with Crippen molar-refractivity contribution < 1.29 is 13.2 Å². The third kappa shape index (κ3) is 5.07. The first kappa shape index (κ1) is 19.8. The fourth-order valence-corrected chi connectivity index (χ4v) is 4.56. The topological polar surface area (TPSA) is 87.6 Å². The van der Waals surface area contributed by atoms with Gasteiger partial charge in [-0.25, -0.2) is 8.42 Å². The quantitative estimate of drug-likeness (QED) is 0.454. The van der Waals surface area contributed by atoms with Crippen molar-refractivity contribution in [3.8, 4) is 0 Å². The largest absolute Gasteiger partial charge is 0.325 e. The van der Waals surface area contributed by atoms with Gasteiger partial charge in [0, 0.05) is 22.1 Å². The van der Waals surface area contributed by atoms with Gasteiger partial charge in [-0.3, -0.25) is 14.5 Å². The van der Waals surface area contributed by atoms with Gasteiger partial charge in [0.2, 0.25) is 5.91 Å². The molecule has 1 heterocycles.